The van der Waals surface area contributed by atoms with E-state index in [1.807, 2.05) is 0 Å². The largest absolute Gasteiger partial charge is 0.481 e. The van der Waals surface area contributed by atoms with E-state index in [1.165, 1.54) is 6.42 Å². The third-order valence-corrected chi connectivity index (χ3v) is 3.01. The van der Waals surface area contributed by atoms with Crippen LogP contribution in [0.15, 0.2) is 0 Å². The van der Waals surface area contributed by atoms with Crippen LogP contribution in [0.5, 0.6) is 0 Å². The van der Waals surface area contributed by atoms with Crippen molar-refractivity contribution in [2.75, 3.05) is 19.6 Å². The monoisotopic (exact) mass is 213 g/mol. The third kappa shape index (κ3) is 5.17. The van der Waals surface area contributed by atoms with Crippen LogP contribution in [0.25, 0.3) is 0 Å². The number of aliphatic carboxylic acids is 1. The molecule has 15 heavy (non-hydrogen) atoms. The Hall–Kier alpha value is -0.570. The first kappa shape index (κ1) is 12.5. The van der Waals surface area contributed by atoms with Crippen molar-refractivity contribution in [1.82, 2.24) is 4.90 Å². The molecule has 1 saturated heterocycles. The van der Waals surface area contributed by atoms with Gasteiger partial charge in [-0.05, 0) is 37.3 Å². The zero-order valence-corrected chi connectivity index (χ0v) is 10.1. The molecule has 0 amide bonds. The highest BCUT2D eigenvalue weighted by atomic mass is 16.4. The topological polar surface area (TPSA) is 40.5 Å². The SMILES string of the molecule is CC(C)(C)CCN1CCC(CC(=O)O)C1. The highest BCUT2D eigenvalue weighted by molar-refractivity contribution is 5.67. The van der Waals surface area contributed by atoms with Gasteiger partial charge in [0.1, 0.15) is 0 Å². The lowest BCUT2D eigenvalue weighted by Gasteiger charge is -2.23. The molecule has 1 N–H and O–H groups in total. The molecule has 1 unspecified atom stereocenters. The summed E-state index contributed by atoms with van der Waals surface area (Å²) >= 11 is 0. The van der Waals surface area contributed by atoms with E-state index in [-0.39, 0.29) is 0 Å². The van der Waals surface area contributed by atoms with Crippen LogP contribution in [0.2, 0.25) is 0 Å². The summed E-state index contributed by atoms with van der Waals surface area (Å²) in [6, 6.07) is 0. The zero-order valence-electron chi connectivity index (χ0n) is 10.1. The minimum absolute atomic E-state index is 0.339. The van der Waals surface area contributed by atoms with Gasteiger partial charge in [-0.15, -0.1) is 0 Å². The van der Waals surface area contributed by atoms with E-state index in [9.17, 15) is 4.79 Å². The molecule has 0 saturated carbocycles. The molecule has 0 spiro atoms. The number of likely N-dealkylation sites (tertiary alicyclic amines) is 1. The summed E-state index contributed by atoms with van der Waals surface area (Å²) in [5, 5.41) is 8.70. The molecule has 0 aromatic heterocycles. The average molecular weight is 213 g/mol. The van der Waals surface area contributed by atoms with Crippen molar-refractivity contribution in [3.05, 3.63) is 0 Å². The van der Waals surface area contributed by atoms with E-state index in [4.69, 9.17) is 5.11 Å². The van der Waals surface area contributed by atoms with Gasteiger partial charge in [0, 0.05) is 13.0 Å². The lowest BCUT2D eigenvalue weighted by Crippen LogP contribution is -2.25. The third-order valence-electron chi connectivity index (χ3n) is 3.01. The molecule has 1 atom stereocenters. The molecule has 0 aromatic rings. The molecule has 0 aliphatic carbocycles. The number of carbonyl (C=O) groups is 1. The molecule has 1 heterocycles. The van der Waals surface area contributed by atoms with Crippen molar-refractivity contribution in [3.63, 3.8) is 0 Å². The van der Waals surface area contributed by atoms with Crippen LogP contribution in [0.1, 0.15) is 40.0 Å². The van der Waals surface area contributed by atoms with Crippen molar-refractivity contribution in [2.45, 2.75) is 40.0 Å². The number of rotatable bonds is 4. The number of carboxylic acids is 1. The first-order valence-corrected chi connectivity index (χ1v) is 5.81. The van der Waals surface area contributed by atoms with Gasteiger partial charge in [0.05, 0.1) is 0 Å². The Morgan fingerprint density at radius 1 is 1.47 bits per heavy atom. The molecule has 1 aliphatic heterocycles. The van der Waals surface area contributed by atoms with E-state index >= 15 is 0 Å². The fourth-order valence-electron chi connectivity index (χ4n) is 2.02. The van der Waals surface area contributed by atoms with Gasteiger partial charge in [0.2, 0.25) is 0 Å². The molecule has 3 nitrogen and oxygen atoms in total. The fourth-order valence-corrected chi connectivity index (χ4v) is 2.02. The van der Waals surface area contributed by atoms with Crippen LogP contribution < -0.4 is 0 Å². The quantitative estimate of drug-likeness (QED) is 0.778. The predicted molar refractivity (Wildman–Crippen MR) is 60.9 cm³/mol. The van der Waals surface area contributed by atoms with E-state index < -0.39 is 5.97 Å². The first-order valence-electron chi connectivity index (χ1n) is 5.81. The maximum absolute atomic E-state index is 10.6. The second-order valence-electron chi connectivity index (χ2n) is 5.86. The summed E-state index contributed by atoms with van der Waals surface area (Å²) in [4.78, 5) is 13.0. The van der Waals surface area contributed by atoms with Crippen molar-refractivity contribution < 1.29 is 9.90 Å². The van der Waals surface area contributed by atoms with Gasteiger partial charge in [0.25, 0.3) is 0 Å². The van der Waals surface area contributed by atoms with Gasteiger partial charge in [-0.2, -0.15) is 0 Å². The van der Waals surface area contributed by atoms with E-state index in [0.29, 0.717) is 17.8 Å². The molecule has 88 valence electrons. The Bertz CT molecular complexity index is 220. The zero-order chi connectivity index (χ0) is 11.5. The summed E-state index contributed by atoms with van der Waals surface area (Å²) in [5.41, 5.74) is 0.380. The van der Waals surface area contributed by atoms with Crippen LogP contribution in [-0.4, -0.2) is 35.6 Å². The molecular weight excluding hydrogens is 190 g/mol. The maximum atomic E-state index is 10.6. The van der Waals surface area contributed by atoms with Gasteiger partial charge in [-0.25, -0.2) is 0 Å². The number of hydrogen-bond acceptors (Lipinski definition) is 2. The van der Waals surface area contributed by atoms with E-state index in [2.05, 4.69) is 25.7 Å². The summed E-state index contributed by atoms with van der Waals surface area (Å²) < 4.78 is 0. The highest BCUT2D eigenvalue weighted by Gasteiger charge is 2.25. The fraction of sp³-hybridized carbons (Fsp3) is 0.917. The Morgan fingerprint density at radius 3 is 2.67 bits per heavy atom. The summed E-state index contributed by atoms with van der Waals surface area (Å²) in [6.45, 7) is 9.91. The molecule has 1 aliphatic rings. The van der Waals surface area contributed by atoms with Crippen molar-refractivity contribution in [3.8, 4) is 0 Å². The minimum Gasteiger partial charge on any atom is -0.481 e. The van der Waals surface area contributed by atoms with Crippen molar-refractivity contribution in [1.29, 1.82) is 0 Å². The molecule has 1 rings (SSSR count). The molecule has 1 fully saturated rings. The maximum Gasteiger partial charge on any atom is 0.303 e. The number of nitrogens with zero attached hydrogens (tertiary/aromatic N) is 1. The van der Waals surface area contributed by atoms with Crippen molar-refractivity contribution >= 4 is 5.97 Å². The lowest BCUT2D eigenvalue weighted by molar-refractivity contribution is -0.138. The Kier molecular flexibility index (Phi) is 4.14. The molecular formula is C12H23NO2. The van der Waals surface area contributed by atoms with E-state index in [0.717, 1.165) is 26.1 Å². The summed E-state index contributed by atoms with van der Waals surface area (Å²) in [7, 11) is 0. The van der Waals surface area contributed by atoms with Crippen molar-refractivity contribution in [2.24, 2.45) is 11.3 Å². The summed E-state index contributed by atoms with van der Waals surface area (Å²) in [5.74, 6) is -0.278. The standard InChI is InChI=1S/C12H23NO2/c1-12(2,3)5-7-13-6-4-10(9-13)8-11(14)15/h10H,4-9H2,1-3H3,(H,14,15). The van der Waals surface area contributed by atoms with Gasteiger partial charge in [0.15, 0.2) is 0 Å². The van der Waals surface area contributed by atoms with Crippen LogP contribution in [-0.2, 0) is 4.79 Å². The minimum atomic E-state index is -0.655. The van der Waals surface area contributed by atoms with Crippen LogP contribution in [0.4, 0.5) is 0 Å². The Morgan fingerprint density at radius 2 is 2.13 bits per heavy atom. The molecule has 0 radical (unpaired) electrons. The Labute approximate surface area is 92.5 Å². The second-order valence-corrected chi connectivity index (χ2v) is 5.86. The molecule has 0 bridgehead atoms. The predicted octanol–water partition coefficient (Wildman–Crippen LogP) is 2.22. The van der Waals surface area contributed by atoms with Crippen LogP contribution in [0.3, 0.4) is 0 Å². The second kappa shape index (κ2) is 4.97. The highest BCUT2D eigenvalue weighted by Crippen LogP contribution is 2.23. The molecule has 0 aromatic carbocycles. The normalized spacial score (nSPS) is 23.3. The summed E-state index contributed by atoms with van der Waals surface area (Å²) in [6.07, 6.45) is 2.58. The number of carboxylic acid groups (broad SMARTS) is 1. The first-order chi connectivity index (χ1) is 6.87. The van der Waals surface area contributed by atoms with Gasteiger partial charge in [-0.1, -0.05) is 20.8 Å². The number of hydrogen-bond donors (Lipinski definition) is 1. The van der Waals surface area contributed by atoms with E-state index in [1.54, 1.807) is 0 Å². The Balaban J connectivity index is 2.22. The average Bonchev–Trinajstić information content (AvgIpc) is 2.46. The van der Waals surface area contributed by atoms with Gasteiger partial charge >= 0.3 is 5.97 Å². The lowest BCUT2D eigenvalue weighted by atomic mass is 9.92. The van der Waals surface area contributed by atoms with Gasteiger partial charge in [-0.3, -0.25) is 4.79 Å². The smallest absolute Gasteiger partial charge is 0.303 e. The van der Waals surface area contributed by atoms with Gasteiger partial charge < -0.3 is 10.0 Å². The molecule has 3 heteroatoms. The van der Waals surface area contributed by atoms with Crippen LogP contribution >= 0.6 is 0 Å². The van der Waals surface area contributed by atoms with Crippen LogP contribution in [0, 0.1) is 11.3 Å².